The normalized spacial score (nSPS) is 12.0. The number of hydrogen-bond donors (Lipinski definition) is 2. The number of alkyl halides is 3. The van der Waals surface area contributed by atoms with Crippen LogP contribution in [-0.4, -0.2) is 47.5 Å². The molecule has 10 heteroatoms. The molecule has 0 unspecified atom stereocenters. The molecule has 0 aliphatic heterocycles. The van der Waals surface area contributed by atoms with Gasteiger partial charge < -0.3 is 15.5 Å². The number of nitrogens with zero attached hydrogens (tertiary/aromatic N) is 4. The summed E-state index contributed by atoms with van der Waals surface area (Å²) in [6.07, 6.45) is -3.46. The number of benzene rings is 1. The van der Waals surface area contributed by atoms with Crippen molar-refractivity contribution < 1.29 is 17.6 Å². The first-order chi connectivity index (χ1) is 13.3. The van der Waals surface area contributed by atoms with Crippen molar-refractivity contribution in [1.82, 2.24) is 20.2 Å². The van der Waals surface area contributed by atoms with Gasteiger partial charge in [-0.05, 0) is 30.7 Å². The van der Waals surface area contributed by atoms with Crippen molar-refractivity contribution >= 4 is 11.9 Å². The lowest BCUT2D eigenvalue weighted by atomic mass is 10.2. The van der Waals surface area contributed by atoms with Gasteiger partial charge in [0.25, 0.3) is 0 Å². The third-order valence-corrected chi connectivity index (χ3v) is 3.63. The highest BCUT2D eigenvalue weighted by Crippen LogP contribution is 2.27. The number of rotatable bonds is 7. The molecule has 2 N–H and O–H groups in total. The zero-order valence-corrected chi connectivity index (χ0v) is 15.6. The second-order valence-electron chi connectivity index (χ2n) is 5.91. The van der Waals surface area contributed by atoms with Gasteiger partial charge in [-0.3, -0.25) is 4.99 Å². The summed E-state index contributed by atoms with van der Waals surface area (Å²) in [7, 11) is 1.84. The summed E-state index contributed by atoms with van der Waals surface area (Å²) in [6, 6.07) is 7.00. The average Bonchev–Trinajstić information content (AvgIpc) is 2.65. The Balaban J connectivity index is 1.92. The maximum Gasteiger partial charge on any atom is 0.433 e. The van der Waals surface area contributed by atoms with Crippen molar-refractivity contribution in [1.29, 1.82) is 0 Å². The number of hydrogen-bond acceptors (Lipinski definition) is 4. The van der Waals surface area contributed by atoms with Gasteiger partial charge in [0.15, 0.2) is 5.96 Å². The first-order valence-electron chi connectivity index (χ1n) is 8.67. The summed E-state index contributed by atoms with van der Waals surface area (Å²) in [5.41, 5.74) is -0.0779. The molecule has 0 radical (unpaired) electrons. The molecule has 1 aromatic carbocycles. The van der Waals surface area contributed by atoms with E-state index in [2.05, 4.69) is 25.6 Å². The minimum absolute atomic E-state index is 0.102. The Morgan fingerprint density at radius 2 is 1.89 bits per heavy atom. The zero-order chi connectivity index (χ0) is 20.6. The lowest BCUT2D eigenvalue weighted by Gasteiger charge is -2.22. The molecule has 0 bridgehead atoms. The van der Waals surface area contributed by atoms with Gasteiger partial charge in [-0.25, -0.2) is 14.4 Å². The first kappa shape index (κ1) is 21.4. The van der Waals surface area contributed by atoms with E-state index in [0.29, 0.717) is 25.6 Å². The Labute approximate surface area is 160 Å². The molecule has 28 heavy (non-hydrogen) atoms. The van der Waals surface area contributed by atoms with E-state index in [1.165, 1.54) is 12.1 Å². The van der Waals surface area contributed by atoms with Gasteiger partial charge in [0, 0.05) is 32.9 Å². The SMILES string of the molecule is CCNC(=NCCNc1nccc(C(F)(F)F)n1)N(C)Cc1ccc(F)cc1. The zero-order valence-electron chi connectivity index (χ0n) is 15.6. The number of aliphatic imine (C=N–C) groups is 1. The van der Waals surface area contributed by atoms with E-state index in [9.17, 15) is 17.6 Å². The van der Waals surface area contributed by atoms with Gasteiger partial charge in [0.2, 0.25) is 5.95 Å². The third kappa shape index (κ3) is 6.67. The van der Waals surface area contributed by atoms with Crippen LogP contribution in [0.4, 0.5) is 23.5 Å². The van der Waals surface area contributed by atoms with Crippen LogP contribution in [0.3, 0.4) is 0 Å². The van der Waals surface area contributed by atoms with E-state index in [4.69, 9.17) is 0 Å². The van der Waals surface area contributed by atoms with Gasteiger partial charge >= 0.3 is 6.18 Å². The highest BCUT2D eigenvalue weighted by molar-refractivity contribution is 5.79. The minimum atomic E-state index is -4.52. The van der Waals surface area contributed by atoms with Crippen molar-refractivity contribution in [3.8, 4) is 0 Å². The summed E-state index contributed by atoms with van der Waals surface area (Å²) in [5, 5.41) is 5.87. The van der Waals surface area contributed by atoms with E-state index in [1.54, 1.807) is 12.1 Å². The van der Waals surface area contributed by atoms with E-state index >= 15 is 0 Å². The largest absolute Gasteiger partial charge is 0.433 e. The molecule has 1 heterocycles. The molecule has 2 rings (SSSR count). The molecular weight excluding hydrogens is 376 g/mol. The van der Waals surface area contributed by atoms with Gasteiger partial charge in [0.05, 0.1) is 6.54 Å². The molecule has 2 aromatic rings. The number of halogens is 4. The van der Waals surface area contributed by atoms with E-state index in [1.807, 2.05) is 18.9 Å². The predicted octanol–water partition coefficient (Wildman–Crippen LogP) is 3.14. The molecule has 0 atom stereocenters. The fourth-order valence-corrected chi connectivity index (χ4v) is 2.34. The van der Waals surface area contributed by atoms with Gasteiger partial charge in [-0.15, -0.1) is 0 Å². The fourth-order valence-electron chi connectivity index (χ4n) is 2.34. The third-order valence-electron chi connectivity index (χ3n) is 3.63. The summed E-state index contributed by atoms with van der Waals surface area (Å²) in [4.78, 5) is 13.5. The van der Waals surface area contributed by atoms with Crippen molar-refractivity contribution in [2.75, 3.05) is 32.0 Å². The Morgan fingerprint density at radius 3 is 2.54 bits per heavy atom. The van der Waals surface area contributed by atoms with Crippen LogP contribution in [0.15, 0.2) is 41.5 Å². The van der Waals surface area contributed by atoms with E-state index in [0.717, 1.165) is 17.8 Å². The van der Waals surface area contributed by atoms with Crippen LogP contribution in [0.25, 0.3) is 0 Å². The van der Waals surface area contributed by atoms with Crippen molar-refractivity contribution in [3.63, 3.8) is 0 Å². The van der Waals surface area contributed by atoms with Crippen LogP contribution in [0.2, 0.25) is 0 Å². The monoisotopic (exact) mass is 398 g/mol. The molecule has 0 fully saturated rings. The molecule has 0 amide bonds. The Kier molecular flexibility index (Phi) is 7.53. The molecule has 0 spiro atoms. The summed E-state index contributed by atoms with van der Waals surface area (Å²) >= 11 is 0. The summed E-state index contributed by atoms with van der Waals surface area (Å²) in [6.45, 7) is 3.67. The number of guanidine groups is 1. The standard InChI is InChI=1S/C18H22F4N6/c1-3-23-17(28(2)12-13-4-6-14(19)7-5-13)26-11-10-25-16-24-9-8-15(27-16)18(20,21)22/h4-9H,3,10-12H2,1-2H3,(H,23,26)(H,24,25,27). The van der Waals surface area contributed by atoms with Crippen LogP contribution in [0, 0.1) is 5.82 Å². The van der Waals surface area contributed by atoms with E-state index in [-0.39, 0.29) is 18.3 Å². The quantitative estimate of drug-likeness (QED) is 0.325. The maximum atomic E-state index is 13.0. The molecule has 0 aliphatic carbocycles. The summed E-state index contributed by atoms with van der Waals surface area (Å²) in [5.74, 6) is 0.225. The van der Waals surface area contributed by atoms with Crippen molar-refractivity contribution in [2.45, 2.75) is 19.6 Å². The minimum Gasteiger partial charge on any atom is -0.357 e. The van der Waals surface area contributed by atoms with Crippen LogP contribution in [0.5, 0.6) is 0 Å². The van der Waals surface area contributed by atoms with Gasteiger partial charge in [-0.2, -0.15) is 13.2 Å². The van der Waals surface area contributed by atoms with Gasteiger partial charge in [-0.1, -0.05) is 12.1 Å². The number of anilines is 1. The van der Waals surface area contributed by atoms with E-state index < -0.39 is 11.9 Å². The fraction of sp³-hybridized carbons (Fsp3) is 0.389. The summed E-state index contributed by atoms with van der Waals surface area (Å²) < 4.78 is 51.0. The second-order valence-corrected chi connectivity index (χ2v) is 5.91. The van der Waals surface area contributed by atoms with Crippen LogP contribution in [-0.2, 0) is 12.7 Å². The average molecular weight is 398 g/mol. The number of nitrogens with one attached hydrogen (secondary N) is 2. The lowest BCUT2D eigenvalue weighted by molar-refractivity contribution is -0.141. The topological polar surface area (TPSA) is 65.4 Å². The van der Waals surface area contributed by atoms with Crippen LogP contribution < -0.4 is 10.6 Å². The predicted molar refractivity (Wildman–Crippen MR) is 99.4 cm³/mol. The molecule has 6 nitrogen and oxygen atoms in total. The van der Waals surface area contributed by atoms with Gasteiger partial charge in [0.1, 0.15) is 11.5 Å². The highest BCUT2D eigenvalue weighted by atomic mass is 19.4. The number of aromatic nitrogens is 2. The van der Waals surface area contributed by atoms with Crippen LogP contribution in [0.1, 0.15) is 18.2 Å². The molecular formula is C18H22F4N6. The molecule has 0 saturated heterocycles. The Bertz CT molecular complexity index is 776. The lowest BCUT2D eigenvalue weighted by Crippen LogP contribution is -2.38. The van der Waals surface area contributed by atoms with Crippen molar-refractivity contribution in [3.05, 3.63) is 53.6 Å². The second kappa shape index (κ2) is 9.86. The first-order valence-corrected chi connectivity index (χ1v) is 8.67. The van der Waals surface area contributed by atoms with Crippen molar-refractivity contribution in [2.24, 2.45) is 4.99 Å². The molecule has 1 aromatic heterocycles. The Hall–Kier alpha value is -2.91. The Morgan fingerprint density at radius 1 is 1.18 bits per heavy atom. The molecule has 152 valence electrons. The van der Waals surface area contributed by atoms with Crippen LogP contribution >= 0.6 is 0 Å². The maximum absolute atomic E-state index is 13.0. The molecule has 0 saturated carbocycles. The highest BCUT2D eigenvalue weighted by Gasteiger charge is 2.32. The molecule has 0 aliphatic rings. The smallest absolute Gasteiger partial charge is 0.357 e.